The van der Waals surface area contributed by atoms with E-state index in [4.69, 9.17) is 4.74 Å². The van der Waals surface area contributed by atoms with Gasteiger partial charge in [0.15, 0.2) is 0 Å². The number of ether oxygens (including phenoxy) is 1. The lowest BCUT2D eigenvalue weighted by molar-refractivity contribution is -0.143. The second-order valence-electron chi connectivity index (χ2n) is 5.51. The van der Waals surface area contributed by atoms with Gasteiger partial charge in [-0.2, -0.15) is 0 Å². The third-order valence-corrected chi connectivity index (χ3v) is 3.50. The van der Waals surface area contributed by atoms with Crippen LogP contribution in [0.3, 0.4) is 0 Å². The molecule has 3 heteroatoms. The summed E-state index contributed by atoms with van der Waals surface area (Å²) in [6.45, 7) is 5.07. The van der Waals surface area contributed by atoms with Crippen LogP contribution in [0.4, 0.5) is 0 Å². The van der Waals surface area contributed by atoms with Crippen LogP contribution in [0.5, 0.6) is 0 Å². The lowest BCUT2D eigenvalue weighted by Crippen LogP contribution is -2.05. The molecule has 0 aromatic heterocycles. The molecule has 0 amide bonds. The molecule has 122 valence electrons. The second-order valence-corrected chi connectivity index (χ2v) is 5.51. The lowest BCUT2D eigenvalue weighted by Gasteiger charge is -2.05. The summed E-state index contributed by atoms with van der Waals surface area (Å²) < 4.78 is 5.24. The molecule has 0 rings (SSSR count). The van der Waals surface area contributed by atoms with Crippen molar-refractivity contribution in [2.45, 2.75) is 97.3 Å². The molecule has 20 heavy (non-hydrogen) atoms. The Morgan fingerprint density at radius 2 is 1.15 bits per heavy atom. The van der Waals surface area contributed by atoms with Crippen molar-refractivity contribution in [3.05, 3.63) is 0 Å². The Morgan fingerprint density at radius 1 is 0.700 bits per heavy atom. The molecule has 0 unspecified atom stereocenters. The van der Waals surface area contributed by atoms with E-state index in [1.165, 1.54) is 64.2 Å². The predicted octanol–water partition coefficient (Wildman–Crippen LogP) is 6.02. The van der Waals surface area contributed by atoms with Crippen molar-refractivity contribution >= 4 is 5.97 Å². The van der Waals surface area contributed by atoms with Crippen LogP contribution < -0.4 is 6.15 Å². The summed E-state index contributed by atoms with van der Waals surface area (Å²) in [5, 5.41) is 0. The lowest BCUT2D eigenvalue weighted by atomic mass is 10.1. The maximum Gasteiger partial charge on any atom is 0.305 e. The first kappa shape index (κ1) is 21.7. The smallest absolute Gasteiger partial charge is 0.305 e. The molecule has 0 heterocycles. The van der Waals surface area contributed by atoms with E-state index in [1.807, 2.05) is 0 Å². The highest BCUT2D eigenvalue weighted by Crippen LogP contribution is 2.08. The molecule has 0 radical (unpaired) electrons. The van der Waals surface area contributed by atoms with Crippen molar-refractivity contribution in [2.24, 2.45) is 0 Å². The molecule has 0 aliphatic heterocycles. The number of esters is 1. The second kappa shape index (κ2) is 18.4. The molecule has 0 aromatic rings. The Hall–Kier alpha value is -0.570. The molecular weight excluding hydrogens is 250 g/mol. The van der Waals surface area contributed by atoms with Gasteiger partial charge in [0.25, 0.3) is 0 Å². The zero-order valence-corrected chi connectivity index (χ0v) is 14.2. The van der Waals surface area contributed by atoms with Gasteiger partial charge in [-0.15, -0.1) is 0 Å². The molecule has 0 atom stereocenters. The molecule has 0 aliphatic carbocycles. The Morgan fingerprint density at radius 3 is 1.70 bits per heavy atom. The van der Waals surface area contributed by atoms with Crippen LogP contribution in [0.2, 0.25) is 0 Å². The maximum atomic E-state index is 11.4. The summed E-state index contributed by atoms with van der Waals surface area (Å²) in [6.07, 6.45) is 15.4. The normalized spacial score (nSPS) is 10.1. The minimum absolute atomic E-state index is 0. The van der Waals surface area contributed by atoms with Gasteiger partial charge in [0.1, 0.15) is 0 Å². The van der Waals surface area contributed by atoms with E-state index < -0.39 is 0 Å². The van der Waals surface area contributed by atoms with Gasteiger partial charge in [-0.1, -0.05) is 78.1 Å². The number of hydrogen-bond donors (Lipinski definition) is 1. The van der Waals surface area contributed by atoms with Gasteiger partial charge in [0.2, 0.25) is 0 Å². The SMILES string of the molecule is CCCCCCCCOC(=O)CCCCCCCC.[NH4+]. The first-order chi connectivity index (χ1) is 9.31. The highest BCUT2D eigenvalue weighted by Gasteiger charge is 2.02. The average Bonchev–Trinajstić information content (AvgIpc) is 2.41. The zero-order chi connectivity index (χ0) is 14.2. The van der Waals surface area contributed by atoms with E-state index >= 15 is 0 Å². The minimum Gasteiger partial charge on any atom is -0.466 e. The molecular formula is C17H38NO2+. The van der Waals surface area contributed by atoms with Crippen molar-refractivity contribution in [2.75, 3.05) is 6.61 Å². The van der Waals surface area contributed by atoms with Gasteiger partial charge in [0, 0.05) is 6.42 Å². The fourth-order valence-electron chi connectivity index (χ4n) is 2.19. The standard InChI is InChI=1S/C17H34O2.H3N/c1-3-5-7-9-11-13-15-17(18)19-16-14-12-10-8-6-4-2;/h3-16H2,1-2H3;1H3/p+1. The third-order valence-electron chi connectivity index (χ3n) is 3.50. The summed E-state index contributed by atoms with van der Waals surface area (Å²) in [6, 6.07) is 0. The summed E-state index contributed by atoms with van der Waals surface area (Å²) in [5.74, 6) is 0.00375. The summed E-state index contributed by atoms with van der Waals surface area (Å²) in [5.41, 5.74) is 0. The molecule has 0 aliphatic rings. The number of unbranched alkanes of at least 4 members (excludes halogenated alkanes) is 10. The van der Waals surface area contributed by atoms with E-state index in [0.29, 0.717) is 13.0 Å². The first-order valence-electron chi connectivity index (χ1n) is 8.46. The van der Waals surface area contributed by atoms with E-state index in [1.54, 1.807) is 0 Å². The van der Waals surface area contributed by atoms with E-state index in [2.05, 4.69) is 13.8 Å². The van der Waals surface area contributed by atoms with Crippen LogP contribution in [0.25, 0.3) is 0 Å². The monoisotopic (exact) mass is 288 g/mol. The average molecular weight is 288 g/mol. The molecule has 0 fully saturated rings. The summed E-state index contributed by atoms with van der Waals surface area (Å²) in [7, 11) is 0. The van der Waals surface area contributed by atoms with Crippen molar-refractivity contribution in [1.29, 1.82) is 0 Å². The zero-order valence-electron chi connectivity index (χ0n) is 14.2. The largest absolute Gasteiger partial charge is 0.466 e. The summed E-state index contributed by atoms with van der Waals surface area (Å²) >= 11 is 0. The molecule has 0 bridgehead atoms. The summed E-state index contributed by atoms with van der Waals surface area (Å²) in [4.78, 5) is 11.4. The number of carbonyl (C=O) groups is 1. The van der Waals surface area contributed by atoms with Crippen LogP contribution in [-0.2, 0) is 9.53 Å². The number of carbonyl (C=O) groups excluding carboxylic acids is 1. The van der Waals surface area contributed by atoms with Crippen LogP contribution in [0.15, 0.2) is 0 Å². The highest BCUT2D eigenvalue weighted by atomic mass is 16.5. The van der Waals surface area contributed by atoms with E-state index in [-0.39, 0.29) is 12.1 Å². The van der Waals surface area contributed by atoms with Crippen molar-refractivity contribution in [3.63, 3.8) is 0 Å². The number of hydrogen-bond acceptors (Lipinski definition) is 2. The van der Waals surface area contributed by atoms with Crippen molar-refractivity contribution < 1.29 is 9.53 Å². The van der Waals surface area contributed by atoms with Gasteiger partial charge < -0.3 is 10.9 Å². The Balaban J connectivity index is 0. The molecule has 0 aromatic carbocycles. The molecule has 0 spiro atoms. The van der Waals surface area contributed by atoms with Gasteiger partial charge in [-0.25, -0.2) is 0 Å². The Bertz CT molecular complexity index is 195. The fraction of sp³-hybridized carbons (Fsp3) is 0.941. The Labute approximate surface area is 126 Å². The van der Waals surface area contributed by atoms with Crippen molar-refractivity contribution in [1.82, 2.24) is 6.15 Å². The molecule has 3 nitrogen and oxygen atoms in total. The fourth-order valence-corrected chi connectivity index (χ4v) is 2.19. The molecule has 0 saturated heterocycles. The highest BCUT2D eigenvalue weighted by molar-refractivity contribution is 5.69. The molecule has 4 N–H and O–H groups in total. The van der Waals surface area contributed by atoms with E-state index in [0.717, 1.165) is 12.8 Å². The quantitative estimate of drug-likeness (QED) is 0.314. The maximum absolute atomic E-state index is 11.4. The van der Waals surface area contributed by atoms with Gasteiger partial charge >= 0.3 is 5.97 Å². The number of rotatable bonds is 14. The Kier molecular flexibility index (Phi) is 20.0. The van der Waals surface area contributed by atoms with E-state index in [9.17, 15) is 4.79 Å². The van der Waals surface area contributed by atoms with Gasteiger partial charge in [-0.05, 0) is 12.8 Å². The van der Waals surface area contributed by atoms with Crippen LogP contribution in [0, 0.1) is 0 Å². The topological polar surface area (TPSA) is 62.8 Å². The number of quaternary nitrogens is 1. The first-order valence-corrected chi connectivity index (χ1v) is 8.46. The van der Waals surface area contributed by atoms with Gasteiger partial charge in [0.05, 0.1) is 6.61 Å². The van der Waals surface area contributed by atoms with Crippen LogP contribution >= 0.6 is 0 Å². The van der Waals surface area contributed by atoms with Crippen molar-refractivity contribution in [3.8, 4) is 0 Å². The van der Waals surface area contributed by atoms with Gasteiger partial charge in [-0.3, -0.25) is 4.79 Å². The third kappa shape index (κ3) is 17.4. The molecule has 0 saturated carbocycles. The minimum atomic E-state index is 0. The van der Waals surface area contributed by atoms with Crippen LogP contribution in [0.1, 0.15) is 97.3 Å². The predicted molar refractivity (Wildman–Crippen MR) is 88.3 cm³/mol. The van der Waals surface area contributed by atoms with Crippen LogP contribution in [-0.4, -0.2) is 12.6 Å².